The molecule has 1 atom stereocenters. The van der Waals surface area contributed by atoms with E-state index in [-0.39, 0.29) is 17.7 Å². The summed E-state index contributed by atoms with van der Waals surface area (Å²) in [6.45, 7) is 8.38. The summed E-state index contributed by atoms with van der Waals surface area (Å²) in [5, 5.41) is 17.5. The Bertz CT molecular complexity index is 1160. The average molecular weight is 443 g/mol. The van der Waals surface area contributed by atoms with Crippen LogP contribution in [-0.2, 0) is 4.74 Å². The minimum Gasteiger partial charge on any atom is -0.398 e. The number of carbonyl (C=O) groups is 1. The molecule has 0 saturated carbocycles. The Hall–Kier alpha value is -3.43. The van der Waals surface area contributed by atoms with Crippen molar-refractivity contribution in [1.29, 1.82) is 10.7 Å². The lowest BCUT2D eigenvalue weighted by Crippen LogP contribution is -2.48. The lowest BCUT2D eigenvalue weighted by atomic mass is 9.88. The van der Waals surface area contributed by atoms with E-state index in [1.54, 1.807) is 0 Å². The summed E-state index contributed by atoms with van der Waals surface area (Å²) in [6.07, 6.45) is 0.843. The van der Waals surface area contributed by atoms with Crippen molar-refractivity contribution in [3.8, 4) is 6.07 Å². The van der Waals surface area contributed by atoms with Crippen LogP contribution in [0.2, 0.25) is 0 Å². The molecule has 3 N–H and O–H groups in total. The van der Waals surface area contributed by atoms with Gasteiger partial charge in [-0.1, -0.05) is 18.2 Å². The van der Waals surface area contributed by atoms with Crippen LogP contribution >= 0.6 is 0 Å². The molecule has 0 spiro atoms. The Labute approximate surface area is 195 Å². The van der Waals surface area contributed by atoms with Crippen molar-refractivity contribution in [2.45, 2.75) is 33.1 Å². The molecule has 2 aromatic carbocycles. The summed E-state index contributed by atoms with van der Waals surface area (Å²) < 4.78 is 5.43. The SMILES string of the molecule is C/C(C(=N)C1CCOC1)=C(/N)c1cc(C(=O)N2CC(c3ccc(C#N)cc3)C2)c(C)cc1C. The first kappa shape index (κ1) is 22.8. The van der Waals surface area contributed by atoms with Crippen molar-refractivity contribution in [3.63, 3.8) is 0 Å². The maximum Gasteiger partial charge on any atom is 0.254 e. The number of aryl methyl sites for hydroxylation is 2. The number of nitrogens with zero attached hydrogens (tertiary/aromatic N) is 2. The number of carbonyl (C=O) groups excluding carboxylic acids is 1. The van der Waals surface area contributed by atoms with Crippen molar-refractivity contribution >= 4 is 17.3 Å². The molecule has 170 valence electrons. The number of benzene rings is 2. The van der Waals surface area contributed by atoms with E-state index in [0.717, 1.165) is 34.2 Å². The molecule has 33 heavy (non-hydrogen) atoms. The van der Waals surface area contributed by atoms with Crippen molar-refractivity contribution in [3.05, 3.63) is 75.4 Å². The summed E-state index contributed by atoms with van der Waals surface area (Å²) >= 11 is 0. The molecule has 4 rings (SSSR count). The molecule has 2 fully saturated rings. The molecular weight excluding hydrogens is 412 g/mol. The van der Waals surface area contributed by atoms with Crippen LogP contribution in [0.3, 0.4) is 0 Å². The summed E-state index contributed by atoms with van der Waals surface area (Å²) in [4.78, 5) is 15.1. The molecule has 2 aliphatic heterocycles. The first-order chi connectivity index (χ1) is 15.8. The highest BCUT2D eigenvalue weighted by Gasteiger charge is 2.33. The maximum absolute atomic E-state index is 13.3. The third-order valence-electron chi connectivity index (χ3n) is 6.92. The second kappa shape index (κ2) is 9.21. The Morgan fingerprint density at radius 2 is 1.82 bits per heavy atom. The fourth-order valence-corrected chi connectivity index (χ4v) is 4.64. The molecule has 1 amide bonds. The van der Waals surface area contributed by atoms with E-state index in [1.807, 2.05) is 62.1 Å². The number of likely N-dealkylation sites (tertiary alicyclic amines) is 1. The average Bonchev–Trinajstić information content (AvgIpc) is 3.32. The summed E-state index contributed by atoms with van der Waals surface area (Å²) in [5.74, 6) is 0.368. The van der Waals surface area contributed by atoms with Gasteiger partial charge in [0.1, 0.15) is 0 Å². The standard InChI is InChI=1S/C27H30N4O2/c1-16-10-17(2)24(11-23(16)26(30)18(3)25(29)21-8-9-33-15-21)27(32)31-13-22(14-31)20-6-4-19(12-28)5-7-20/h4-7,10-11,21-22,29H,8-9,13-15,30H2,1-3H3/b26-18-,29-25?. The molecule has 2 aromatic rings. The molecular formula is C27H30N4O2. The first-order valence-electron chi connectivity index (χ1n) is 11.3. The molecule has 6 heteroatoms. The minimum atomic E-state index is 0.00312. The smallest absolute Gasteiger partial charge is 0.254 e. The number of hydrogen-bond acceptors (Lipinski definition) is 5. The van der Waals surface area contributed by atoms with Crippen molar-refractivity contribution in [1.82, 2.24) is 4.90 Å². The Morgan fingerprint density at radius 3 is 2.42 bits per heavy atom. The van der Waals surface area contributed by atoms with Crippen molar-refractivity contribution < 1.29 is 9.53 Å². The van der Waals surface area contributed by atoms with Crippen LogP contribution in [-0.4, -0.2) is 42.8 Å². The predicted octanol–water partition coefficient (Wildman–Crippen LogP) is 4.16. The molecule has 0 aromatic heterocycles. The lowest BCUT2D eigenvalue weighted by molar-refractivity contribution is 0.0601. The molecule has 0 bridgehead atoms. The predicted molar refractivity (Wildman–Crippen MR) is 129 cm³/mol. The number of hydrogen-bond donors (Lipinski definition) is 2. The fraction of sp³-hybridized carbons (Fsp3) is 0.370. The summed E-state index contributed by atoms with van der Waals surface area (Å²) in [5.41, 5.74) is 13.5. The zero-order valence-corrected chi connectivity index (χ0v) is 19.4. The third kappa shape index (κ3) is 4.42. The number of nitrogens with one attached hydrogen (secondary N) is 1. The van der Waals surface area contributed by atoms with Crippen molar-refractivity contribution in [2.75, 3.05) is 26.3 Å². The van der Waals surface area contributed by atoms with Crippen LogP contribution in [0.15, 0.2) is 42.0 Å². The fourth-order valence-electron chi connectivity index (χ4n) is 4.64. The number of nitriles is 1. The number of amides is 1. The molecule has 0 radical (unpaired) electrons. The van der Waals surface area contributed by atoms with Gasteiger partial charge in [0.15, 0.2) is 0 Å². The highest BCUT2D eigenvalue weighted by atomic mass is 16.5. The Kier molecular flexibility index (Phi) is 6.35. The Balaban J connectivity index is 1.53. The van der Waals surface area contributed by atoms with Gasteiger partial charge in [-0.2, -0.15) is 5.26 Å². The van der Waals surface area contributed by atoms with Gasteiger partial charge in [0.2, 0.25) is 0 Å². The van der Waals surface area contributed by atoms with Crippen LogP contribution in [0.4, 0.5) is 0 Å². The van der Waals surface area contributed by atoms with E-state index in [4.69, 9.17) is 21.1 Å². The van der Waals surface area contributed by atoms with Gasteiger partial charge in [-0.05, 0) is 67.7 Å². The second-order valence-corrected chi connectivity index (χ2v) is 9.14. The van der Waals surface area contributed by atoms with Gasteiger partial charge in [-0.25, -0.2) is 0 Å². The first-order valence-corrected chi connectivity index (χ1v) is 11.3. The largest absolute Gasteiger partial charge is 0.398 e. The van der Waals surface area contributed by atoms with E-state index in [0.29, 0.717) is 48.8 Å². The molecule has 2 saturated heterocycles. The van der Waals surface area contributed by atoms with Gasteiger partial charge in [0.25, 0.3) is 5.91 Å². The molecule has 2 aliphatic rings. The van der Waals surface area contributed by atoms with Crippen LogP contribution in [0.25, 0.3) is 5.70 Å². The van der Waals surface area contributed by atoms with E-state index in [2.05, 4.69) is 6.07 Å². The second-order valence-electron chi connectivity index (χ2n) is 9.14. The molecule has 1 unspecified atom stereocenters. The molecule has 2 heterocycles. The number of allylic oxidation sites excluding steroid dienone is 1. The number of nitrogens with two attached hydrogens (primary N) is 1. The number of ether oxygens (including phenoxy) is 1. The van der Waals surface area contributed by atoms with E-state index >= 15 is 0 Å². The van der Waals surface area contributed by atoms with Crippen LogP contribution in [0.5, 0.6) is 0 Å². The topological polar surface area (TPSA) is 103 Å². The maximum atomic E-state index is 13.3. The highest BCUT2D eigenvalue weighted by Crippen LogP contribution is 2.31. The minimum absolute atomic E-state index is 0.00312. The third-order valence-corrected chi connectivity index (χ3v) is 6.92. The monoisotopic (exact) mass is 442 g/mol. The Morgan fingerprint density at radius 1 is 1.15 bits per heavy atom. The van der Waals surface area contributed by atoms with Gasteiger partial charge < -0.3 is 20.8 Å². The van der Waals surface area contributed by atoms with E-state index < -0.39 is 0 Å². The van der Waals surface area contributed by atoms with Crippen LogP contribution in [0.1, 0.15) is 57.4 Å². The number of rotatable bonds is 5. The van der Waals surface area contributed by atoms with Gasteiger partial charge >= 0.3 is 0 Å². The summed E-state index contributed by atoms with van der Waals surface area (Å²) in [7, 11) is 0. The molecule has 6 nitrogen and oxygen atoms in total. The summed E-state index contributed by atoms with van der Waals surface area (Å²) in [6, 6.07) is 13.6. The van der Waals surface area contributed by atoms with Crippen molar-refractivity contribution in [2.24, 2.45) is 11.7 Å². The highest BCUT2D eigenvalue weighted by molar-refractivity contribution is 6.05. The quantitative estimate of drug-likeness (QED) is 0.679. The van der Waals surface area contributed by atoms with Gasteiger partial charge in [0, 0.05) is 54.1 Å². The zero-order valence-electron chi connectivity index (χ0n) is 19.4. The van der Waals surface area contributed by atoms with Gasteiger partial charge in [-0.15, -0.1) is 0 Å². The lowest BCUT2D eigenvalue weighted by Gasteiger charge is -2.40. The van der Waals surface area contributed by atoms with E-state index in [9.17, 15) is 4.79 Å². The normalized spacial score (nSPS) is 19.0. The zero-order chi connectivity index (χ0) is 23.7. The van der Waals surface area contributed by atoms with Crippen LogP contribution in [0, 0.1) is 36.5 Å². The van der Waals surface area contributed by atoms with Gasteiger partial charge in [-0.3, -0.25) is 4.79 Å². The van der Waals surface area contributed by atoms with E-state index in [1.165, 1.54) is 0 Å². The molecule has 0 aliphatic carbocycles. The van der Waals surface area contributed by atoms with Crippen LogP contribution < -0.4 is 5.73 Å². The van der Waals surface area contributed by atoms with Gasteiger partial charge in [0.05, 0.1) is 18.2 Å².